The van der Waals surface area contributed by atoms with E-state index in [2.05, 4.69) is 6.92 Å². The lowest BCUT2D eigenvalue weighted by atomic mass is 9.78. The SMILES string of the molecule is COCCC1CCCC(=O)C1C. The van der Waals surface area contributed by atoms with Gasteiger partial charge in [0.2, 0.25) is 0 Å². The summed E-state index contributed by atoms with van der Waals surface area (Å²) in [6.45, 7) is 2.85. The van der Waals surface area contributed by atoms with Crippen molar-refractivity contribution < 1.29 is 9.53 Å². The molecule has 0 spiro atoms. The first kappa shape index (κ1) is 9.72. The average molecular weight is 170 g/mol. The average Bonchev–Trinajstić information content (AvgIpc) is 2.08. The quantitative estimate of drug-likeness (QED) is 0.647. The summed E-state index contributed by atoms with van der Waals surface area (Å²) in [6, 6.07) is 0. The number of hydrogen-bond donors (Lipinski definition) is 0. The van der Waals surface area contributed by atoms with Crippen LogP contribution in [0.15, 0.2) is 0 Å². The van der Waals surface area contributed by atoms with Gasteiger partial charge in [-0.1, -0.05) is 6.92 Å². The fourth-order valence-corrected chi connectivity index (χ4v) is 1.94. The van der Waals surface area contributed by atoms with Crippen LogP contribution in [0.1, 0.15) is 32.6 Å². The van der Waals surface area contributed by atoms with Crippen LogP contribution in [-0.2, 0) is 9.53 Å². The first-order valence-corrected chi connectivity index (χ1v) is 4.77. The Morgan fingerprint density at radius 3 is 3.00 bits per heavy atom. The van der Waals surface area contributed by atoms with Crippen LogP contribution in [-0.4, -0.2) is 19.5 Å². The van der Waals surface area contributed by atoms with Crippen LogP contribution in [0.5, 0.6) is 0 Å². The van der Waals surface area contributed by atoms with Gasteiger partial charge in [-0.3, -0.25) is 4.79 Å². The molecule has 0 aromatic carbocycles. The number of carbonyl (C=O) groups excluding carboxylic acids is 1. The molecule has 1 fully saturated rings. The molecule has 1 rings (SSSR count). The van der Waals surface area contributed by atoms with Gasteiger partial charge in [0.15, 0.2) is 0 Å². The topological polar surface area (TPSA) is 26.3 Å². The van der Waals surface area contributed by atoms with E-state index in [1.165, 1.54) is 6.42 Å². The summed E-state index contributed by atoms with van der Waals surface area (Å²) >= 11 is 0. The Morgan fingerprint density at radius 2 is 2.33 bits per heavy atom. The van der Waals surface area contributed by atoms with Gasteiger partial charge in [0, 0.05) is 26.1 Å². The minimum atomic E-state index is 0.272. The Hall–Kier alpha value is -0.370. The zero-order valence-electron chi connectivity index (χ0n) is 8.01. The Bertz CT molecular complexity index is 154. The van der Waals surface area contributed by atoms with E-state index in [-0.39, 0.29) is 5.92 Å². The summed E-state index contributed by atoms with van der Waals surface area (Å²) in [7, 11) is 1.72. The molecule has 0 saturated heterocycles. The van der Waals surface area contributed by atoms with Crippen molar-refractivity contribution in [1.29, 1.82) is 0 Å². The zero-order chi connectivity index (χ0) is 8.97. The minimum absolute atomic E-state index is 0.272. The predicted octanol–water partition coefficient (Wildman–Crippen LogP) is 2.03. The van der Waals surface area contributed by atoms with Crippen LogP contribution >= 0.6 is 0 Å². The normalized spacial score (nSPS) is 30.7. The maximum Gasteiger partial charge on any atom is 0.135 e. The summed E-state index contributed by atoms with van der Waals surface area (Å²) < 4.78 is 5.02. The molecular formula is C10H18O2. The van der Waals surface area contributed by atoms with Crippen LogP contribution in [0, 0.1) is 11.8 Å². The smallest absolute Gasteiger partial charge is 0.135 e. The highest BCUT2D eigenvalue weighted by Gasteiger charge is 2.27. The van der Waals surface area contributed by atoms with E-state index >= 15 is 0 Å². The molecule has 0 aromatic heterocycles. The monoisotopic (exact) mass is 170 g/mol. The lowest BCUT2D eigenvalue weighted by molar-refractivity contribution is -0.126. The third-order valence-electron chi connectivity index (χ3n) is 2.91. The largest absolute Gasteiger partial charge is 0.385 e. The molecule has 2 heteroatoms. The highest BCUT2D eigenvalue weighted by atomic mass is 16.5. The van der Waals surface area contributed by atoms with Crippen molar-refractivity contribution in [3.05, 3.63) is 0 Å². The van der Waals surface area contributed by atoms with Crippen molar-refractivity contribution >= 4 is 5.78 Å². The third kappa shape index (κ3) is 2.31. The molecule has 70 valence electrons. The Labute approximate surface area is 74.3 Å². The first-order chi connectivity index (χ1) is 5.75. The predicted molar refractivity (Wildman–Crippen MR) is 48.0 cm³/mol. The van der Waals surface area contributed by atoms with Crippen molar-refractivity contribution in [3.63, 3.8) is 0 Å². The van der Waals surface area contributed by atoms with Crippen LogP contribution in [0.4, 0.5) is 0 Å². The Morgan fingerprint density at radius 1 is 1.58 bits per heavy atom. The molecule has 0 bridgehead atoms. The van der Waals surface area contributed by atoms with E-state index in [1.807, 2.05) is 0 Å². The number of carbonyl (C=O) groups is 1. The summed E-state index contributed by atoms with van der Waals surface area (Å²) in [6.07, 6.45) is 4.13. The van der Waals surface area contributed by atoms with E-state index in [9.17, 15) is 4.79 Å². The van der Waals surface area contributed by atoms with Gasteiger partial charge in [-0.25, -0.2) is 0 Å². The molecule has 2 nitrogen and oxygen atoms in total. The minimum Gasteiger partial charge on any atom is -0.385 e. The molecule has 0 aromatic rings. The highest BCUT2D eigenvalue weighted by Crippen LogP contribution is 2.29. The van der Waals surface area contributed by atoms with Gasteiger partial charge in [-0.2, -0.15) is 0 Å². The van der Waals surface area contributed by atoms with E-state index in [1.54, 1.807) is 7.11 Å². The molecule has 1 aliphatic rings. The van der Waals surface area contributed by atoms with E-state index < -0.39 is 0 Å². The fraction of sp³-hybridized carbons (Fsp3) is 0.900. The molecule has 1 aliphatic carbocycles. The van der Waals surface area contributed by atoms with Gasteiger partial charge < -0.3 is 4.74 Å². The highest BCUT2D eigenvalue weighted by molar-refractivity contribution is 5.81. The lowest BCUT2D eigenvalue weighted by Crippen LogP contribution is -2.26. The summed E-state index contributed by atoms with van der Waals surface area (Å²) in [5.74, 6) is 1.29. The summed E-state index contributed by atoms with van der Waals surface area (Å²) in [5.41, 5.74) is 0. The molecule has 0 N–H and O–H groups in total. The number of methoxy groups -OCH3 is 1. The van der Waals surface area contributed by atoms with Crippen LogP contribution < -0.4 is 0 Å². The molecule has 12 heavy (non-hydrogen) atoms. The standard InChI is InChI=1S/C10H18O2/c1-8-9(6-7-12-2)4-3-5-10(8)11/h8-9H,3-7H2,1-2H3. The second-order valence-electron chi connectivity index (χ2n) is 3.69. The van der Waals surface area contributed by atoms with Crippen molar-refractivity contribution in [1.82, 2.24) is 0 Å². The molecule has 1 saturated carbocycles. The number of ketones is 1. The molecule has 0 radical (unpaired) electrons. The van der Waals surface area contributed by atoms with E-state index in [0.717, 1.165) is 25.9 Å². The maximum absolute atomic E-state index is 11.3. The van der Waals surface area contributed by atoms with Crippen molar-refractivity contribution in [2.24, 2.45) is 11.8 Å². The number of Topliss-reactive ketones (excluding diaryl/α,β-unsaturated/α-hetero) is 1. The van der Waals surface area contributed by atoms with Crippen LogP contribution in [0.3, 0.4) is 0 Å². The second-order valence-corrected chi connectivity index (χ2v) is 3.69. The van der Waals surface area contributed by atoms with E-state index in [4.69, 9.17) is 4.74 Å². The zero-order valence-corrected chi connectivity index (χ0v) is 8.01. The third-order valence-corrected chi connectivity index (χ3v) is 2.91. The maximum atomic E-state index is 11.3. The van der Waals surface area contributed by atoms with Gasteiger partial charge in [0.1, 0.15) is 5.78 Å². The molecule has 2 atom stereocenters. The van der Waals surface area contributed by atoms with Crippen molar-refractivity contribution in [2.45, 2.75) is 32.6 Å². The molecule has 0 amide bonds. The van der Waals surface area contributed by atoms with Crippen LogP contribution in [0.25, 0.3) is 0 Å². The van der Waals surface area contributed by atoms with Crippen LogP contribution in [0.2, 0.25) is 0 Å². The second kappa shape index (κ2) is 4.61. The molecular weight excluding hydrogens is 152 g/mol. The Kier molecular flexibility index (Phi) is 3.73. The summed E-state index contributed by atoms with van der Waals surface area (Å²) in [5, 5.41) is 0. The fourth-order valence-electron chi connectivity index (χ4n) is 1.94. The van der Waals surface area contributed by atoms with Gasteiger partial charge >= 0.3 is 0 Å². The summed E-state index contributed by atoms with van der Waals surface area (Å²) in [4.78, 5) is 11.3. The number of rotatable bonds is 3. The van der Waals surface area contributed by atoms with Gasteiger partial charge in [0.25, 0.3) is 0 Å². The lowest BCUT2D eigenvalue weighted by Gasteiger charge is -2.27. The van der Waals surface area contributed by atoms with Gasteiger partial charge in [-0.15, -0.1) is 0 Å². The van der Waals surface area contributed by atoms with Gasteiger partial charge in [0.05, 0.1) is 0 Å². The molecule has 2 unspecified atom stereocenters. The Balaban J connectivity index is 2.35. The molecule has 0 aliphatic heterocycles. The van der Waals surface area contributed by atoms with Gasteiger partial charge in [-0.05, 0) is 25.2 Å². The molecule has 0 heterocycles. The van der Waals surface area contributed by atoms with Crippen molar-refractivity contribution in [3.8, 4) is 0 Å². The van der Waals surface area contributed by atoms with E-state index in [0.29, 0.717) is 11.7 Å². The number of hydrogen-bond acceptors (Lipinski definition) is 2. The number of ether oxygens (including phenoxy) is 1. The van der Waals surface area contributed by atoms with Crippen molar-refractivity contribution in [2.75, 3.05) is 13.7 Å². The first-order valence-electron chi connectivity index (χ1n) is 4.77.